The SMILES string of the molecule is O=C(O)COc1ccccc1/C=C/CCc1ccc(-c2ccc(O)cc2)cc1. The van der Waals surface area contributed by atoms with E-state index in [-0.39, 0.29) is 12.4 Å². The standard InChI is InChI=1S/C24H22O4/c25-22-15-13-20(14-16-22)19-11-9-18(10-12-19)5-1-2-6-21-7-3-4-8-23(21)28-17-24(26)27/h2-4,6-16,25H,1,5,17H2,(H,26,27)/b6-2+. The Hall–Kier alpha value is -3.53. The summed E-state index contributed by atoms with van der Waals surface area (Å²) in [4.78, 5) is 10.7. The molecular weight excluding hydrogens is 352 g/mol. The van der Waals surface area contributed by atoms with Crippen LogP contribution < -0.4 is 4.74 Å². The molecule has 0 radical (unpaired) electrons. The van der Waals surface area contributed by atoms with Crippen molar-refractivity contribution in [2.75, 3.05) is 6.61 Å². The average molecular weight is 374 g/mol. The van der Waals surface area contributed by atoms with E-state index in [4.69, 9.17) is 9.84 Å². The van der Waals surface area contributed by atoms with Gasteiger partial charge in [0.05, 0.1) is 0 Å². The van der Waals surface area contributed by atoms with Gasteiger partial charge in [-0.3, -0.25) is 0 Å². The molecule has 0 bridgehead atoms. The van der Waals surface area contributed by atoms with Crippen molar-refractivity contribution in [3.8, 4) is 22.6 Å². The van der Waals surface area contributed by atoms with E-state index in [0.717, 1.165) is 29.5 Å². The molecule has 0 unspecified atom stereocenters. The maximum Gasteiger partial charge on any atom is 0.341 e. The number of hydrogen-bond acceptors (Lipinski definition) is 3. The zero-order valence-electron chi connectivity index (χ0n) is 15.4. The van der Waals surface area contributed by atoms with Gasteiger partial charge in [0, 0.05) is 5.56 Å². The summed E-state index contributed by atoms with van der Waals surface area (Å²) in [7, 11) is 0. The van der Waals surface area contributed by atoms with Crippen LogP contribution in [-0.2, 0) is 11.2 Å². The Morgan fingerprint density at radius 1 is 0.893 bits per heavy atom. The van der Waals surface area contributed by atoms with Crippen molar-refractivity contribution in [3.63, 3.8) is 0 Å². The first-order valence-corrected chi connectivity index (χ1v) is 9.10. The molecule has 0 spiro atoms. The number of phenolic OH excluding ortho intramolecular Hbond substituents is 1. The van der Waals surface area contributed by atoms with Gasteiger partial charge >= 0.3 is 5.97 Å². The molecule has 4 heteroatoms. The highest BCUT2D eigenvalue weighted by Crippen LogP contribution is 2.23. The van der Waals surface area contributed by atoms with E-state index >= 15 is 0 Å². The first-order chi connectivity index (χ1) is 13.6. The summed E-state index contributed by atoms with van der Waals surface area (Å²) in [5, 5.41) is 18.1. The van der Waals surface area contributed by atoms with E-state index in [9.17, 15) is 9.90 Å². The molecule has 0 aliphatic heterocycles. The van der Waals surface area contributed by atoms with E-state index in [1.807, 2.05) is 36.4 Å². The van der Waals surface area contributed by atoms with Gasteiger partial charge in [0.1, 0.15) is 11.5 Å². The first kappa shape index (κ1) is 19.2. The van der Waals surface area contributed by atoms with Crippen LogP contribution in [-0.4, -0.2) is 22.8 Å². The molecule has 0 saturated heterocycles. The molecule has 0 aliphatic rings. The third kappa shape index (κ3) is 5.48. The lowest BCUT2D eigenvalue weighted by Crippen LogP contribution is -2.09. The van der Waals surface area contributed by atoms with Gasteiger partial charge in [0.15, 0.2) is 6.61 Å². The van der Waals surface area contributed by atoms with Crippen molar-refractivity contribution in [3.05, 3.63) is 90.0 Å². The highest BCUT2D eigenvalue weighted by molar-refractivity contribution is 5.69. The lowest BCUT2D eigenvalue weighted by molar-refractivity contribution is -0.139. The second kappa shape index (κ2) is 9.42. The summed E-state index contributed by atoms with van der Waals surface area (Å²) in [5.74, 6) is -0.156. The Bertz CT molecular complexity index is 941. The number of carboxylic acid groups (broad SMARTS) is 1. The molecule has 0 heterocycles. The maximum atomic E-state index is 10.7. The molecule has 0 aromatic heterocycles. The number of rotatable bonds is 8. The Morgan fingerprint density at radius 2 is 1.54 bits per heavy atom. The number of hydrogen-bond donors (Lipinski definition) is 2. The zero-order valence-corrected chi connectivity index (χ0v) is 15.4. The molecule has 0 fully saturated rings. The smallest absolute Gasteiger partial charge is 0.341 e. The summed E-state index contributed by atoms with van der Waals surface area (Å²) in [5.41, 5.74) is 4.29. The van der Waals surface area contributed by atoms with Crippen molar-refractivity contribution in [1.29, 1.82) is 0 Å². The minimum Gasteiger partial charge on any atom is -0.508 e. The molecule has 142 valence electrons. The number of carboxylic acids is 1. The molecule has 2 N–H and O–H groups in total. The second-order valence-electron chi connectivity index (χ2n) is 6.41. The van der Waals surface area contributed by atoms with Crippen molar-refractivity contribution in [1.82, 2.24) is 0 Å². The average Bonchev–Trinajstić information content (AvgIpc) is 2.71. The topological polar surface area (TPSA) is 66.8 Å². The van der Waals surface area contributed by atoms with Crippen LogP contribution in [0.4, 0.5) is 0 Å². The zero-order chi connectivity index (χ0) is 19.8. The molecule has 3 aromatic carbocycles. The van der Waals surface area contributed by atoms with E-state index in [1.165, 1.54) is 5.56 Å². The number of carbonyl (C=O) groups is 1. The normalized spacial score (nSPS) is 10.9. The van der Waals surface area contributed by atoms with Gasteiger partial charge < -0.3 is 14.9 Å². The number of allylic oxidation sites excluding steroid dienone is 1. The minimum absolute atomic E-state index is 0.266. The molecule has 4 nitrogen and oxygen atoms in total. The van der Waals surface area contributed by atoms with E-state index in [0.29, 0.717) is 5.75 Å². The fourth-order valence-corrected chi connectivity index (χ4v) is 2.87. The largest absolute Gasteiger partial charge is 0.508 e. The fraction of sp³-hybridized carbons (Fsp3) is 0.125. The van der Waals surface area contributed by atoms with Crippen LogP contribution in [0.3, 0.4) is 0 Å². The number of aliphatic carboxylic acids is 1. The minimum atomic E-state index is -0.991. The molecule has 3 rings (SSSR count). The molecular formula is C24H22O4. The van der Waals surface area contributed by atoms with Crippen LogP contribution in [0.1, 0.15) is 17.5 Å². The summed E-state index contributed by atoms with van der Waals surface area (Å²) >= 11 is 0. The number of phenols is 1. The van der Waals surface area contributed by atoms with E-state index in [1.54, 1.807) is 18.2 Å². The van der Waals surface area contributed by atoms with Gasteiger partial charge in [0.25, 0.3) is 0 Å². The van der Waals surface area contributed by atoms with Crippen LogP contribution in [0.15, 0.2) is 78.9 Å². The molecule has 28 heavy (non-hydrogen) atoms. The number of benzene rings is 3. The van der Waals surface area contributed by atoms with Crippen molar-refractivity contribution < 1.29 is 19.7 Å². The van der Waals surface area contributed by atoms with Crippen LogP contribution in [0, 0.1) is 0 Å². The monoisotopic (exact) mass is 374 g/mol. The summed E-state index contributed by atoms with van der Waals surface area (Å²) in [6, 6.07) is 23.0. The second-order valence-corrected chi connectivity index (χ2v) is 6.41. The molecule has 3 aromatic rings. The lowest BCUT2D eigenvalue weighted by Gasteiger charge is -2.06. The van der Waals surface area contributed by atoms with Gasteiger partial charge in [-0.1, -0.05) is 66.7 Å². The van der Waals surface area contributed by atoms with E-state index < -0.39 is 5.97 Å². The number of aryl methyl sites for hydroxylation is 1. The van der Waals surface area contributed by atoms with Crippen molar-refractivity contribution in [2.24, 2.45) is 0 Å². The summed E-state index contributed by atoms with van der Waals surface area (Å²) < 4.78 is 5.31. The van der Waals surface area contributed by atoms with Crippen LogP contribution >= 0.6 is 0 Å². The number of para-hydroxylation sites is 1. The van der Waals surface area contributed by atoms with E-state index in [2.05, 4.69) is 30.3 Å². The summed E-state index contributed by atoms with van der Waals surface area (Å²) in [6.45, 7) is -0.349. The van der Waals surface area contributed by atoms with Crippen LogP contribution in [0.5, 0.6) is 11.5 Å². The third-order valence-corrected chi connectivity index (χ3v) is 4.32. The molecule has 0 amide bonds. The fourth-order valence-electron chi connectivity index (χ4n) is 2.87. The van der Waals surface area contributed by atoms with Gasteiger partial charge in [-0.15, -0.1) is 0 Å². The van der Waals surface area contributed by atoms with Crippen molar-refractivity contribution in [2.45, 2.75) is 12.8 Å². The first-order valence-electron chi connectivity index (χ1n) is 9.10. The highest BCUT2D eigenvalue weighted by Gasteiger charge is 2.03. The number of aromatic hydroxyl groups is 1. The maximum absolute atomic E-state index is 10.7. The van der Waals surface area contributed by atoms with Crippen LogP contribution in [0.25, 0.3) is 17.2 Å². The van der Waals surface area contributed by atoms with Gasteiger partial charge in [-0.2, -0.15) is 0 Å². The van der Waals surface area contributed by atoms with Gasteiger partial charge in [0.2, 0.25) is 0 Å². The van der Waals surface area contributed by atoms with Gasteiger partial charge in [-0.05, 0) is 47.7 Å². The Balaban J connectivity index is 1.56. The molecule has 0 aliphatic carbocycles. The molecule has 0 saturated carbocycles. The molecule has 0 atom stereocenters. The lowest BCUT2D eigenvalue weighted by atomic mass is 10.0. The highest BCUT2D eigenvalue weighted by atomic mass is 16.5. The number of ether oxygens (including phenoxy) is 1. The quantitative estimate of drug-likeness (QED) is 0.571. The predicted molar refractivity (Wildman–Crippen MR) is 110 cm³/mol. The Morgan fingerprint density at radius 3 is 2.21 bits per heavy atom. The Kier molecular flexibility index (Phi) is 6.47. The van der Waals surface area contributed by atoms with Gasteiger partial charge in [-0.25, -0.2) is 4.79 Å². The Labute approximate surface area is 164 Å². The third-order valence-electron chi connectivity index (χ3n) is 4.32. The van der Waals surface area contributed by atoms with Crippen molar-refractivity contribution >= 4 is 12.0 Å². The predicted octanol–water partition coefficient (Wildman–Crippen LogP) is 5.17. The van der Waals surface area contributed by atoms with Crippen LogP contribution in [0.2, 0.25) is 0 Å². The summed E-state index contributed by atoms with van der Waals surface area (Å²) in [6.07, 6.45) is 5.80.